The van der Waals surface area contributed by atoms with Gasteiger partial charge in [-0.3, -0.25) is 0 Å². The largest absolute Gasteiger partial charge is 0.467 e. The fourth-order valence-electron chi connectivity index (χ4n) is 3.80. The van der Waals surface area contributed by atoms with Crippen molar-refractivity contribution in [1.82, 2.24) is 4.57 Å². The molecule has 0 fully saturated rings. The fourth-order valence-corrected chi connectivity index (χ4v) is 3.98. The molecule has 30 heavy (non-hydrogen) atoms. The van der Waals surface area contributed by atoms with Crippen LogP contribution in [0.15, 0.2) is 54.2 Å². The van der Waals surface area contributed by atoms with Gasteiger partial charge in [0.25, 0.3) is 5.60 Å². The summed E-state index contributed by atoms with van der Waals surface area (Å²) in [6, 6.07) is 10.9. The van der Waals surface area contributed by atoms with Gasteiger partial charge in [0.15, 0.2) is 0 Å². The van der Waals surface area contributed by atoms with Crippen LogP contribution in [0, 0.1) is 0 Å². The van der Waals surface area contributed by atoms with Crippen LogP contribution in [0.3, 0.4) is 0 Å². The van der Waals surface area contributed by atoms with Gasteiger partial charge in [-0.05, 0) is 37.3 Å². The van der Waals surface area contributed by atoms with Crippen molar-refractivity contribution in [2.24, 2.45) is 7.05 Å². The Labute approximate surface area is 175 Å². The first-order valence-electron chi connectivity index (χ1n) is 9.18. The number of fused-ring (bicyclic) bond motifs is 2. The van der Waals surface area contributed by atoms with Crippen molar-refractivity contribution in [3.05, 3.63) is 70.4 Å². The molecule has 156 valence electrons. The van der Waals surface area contributed by atoms with Crippen molar-refractivity contribution >= 4 is 34.5 Å². The van der Waals surface area contributed by atoms with E-state index in [-0.39, 0.29) is 23.5 Å². The molecule has 0 amide bonds. The maximum atomic E-state index is 14.8. The van der Waals surface area contributed by atoms with E-state index in [0.29, 0.717) is 15.9 Å². The lowest BCUT2D eigenvalue weighted by atomic mass is 9.81. The predicted octanol–water partition coefficient (Wildman–Crippen LogP) is 5.63. The molecule has 3 aromatic rings. The van der Waals surface area contributed by atoms with Crippen LogP contribution >= 0.6 is 11.6 Å². The van der Waals surface area contributed by atoms with Crippen LogP contribution in [-0.4, -0.2) is 23.3 Å². The second-order valence-electron chi connectivity index (χ2n) is 6.91. The van der Waals surface area contributed by atoms with E-state index >= 15 is 0 Å². The Kier molecular flexibility index (Phi) is 4.81. The van der Waals surface area contributed by atoms with E-state index in [1.807, 2.05) is 0 Å². The standard InChI is InChI=1S/C22H17ClF3NO3/c1-3-29-20(28)16-11-13-10-14(23)8-9-19(13)30-21(16,22(24,25)26)17-12-27(2)18-7-5-4-6-15(17)18/h4-12H,3H2,1-2H3. The van der Waals surface area contributed by atoms with Crippen LogP contribution in [0.5, 0.6) is 5.75 Å². The Morgan fingerprint density at radius 3 is 2.67 bits per heavy atom. The molecule has 1 aliphatic heterocycles. The zero-order chi connectivity index (χ0) is 21.7. The fraction of sp³-hybridized carbons (Fsp3) is 0.227. The molecule has 4 nitrogen and oxygen atoms in total. The van der Waals surface area contributed by atoms with Gasteiger partial charge in [0.2, 0.25) is 0 Å². The van der Waals surface area contributed by atoms with E-state index in [1.54, 1.807) is 35.9 Å². The zero-order valence-electron chi connectivity index (χ0n) is 16.1. The summed E-state index contributed by atoms with van der Waals surface area (Å²) in [6.07, 6.45) is -2.48. The summed E-state index contributed by atoms with van der Waals surface area (Å²) < 4.78 is 56.7. The molecule has 0 saturated carbocycles. The van der Waals surface area contributed by atoms with Gasteiger partial charge < -0.3 is 14.0 Å². The van der Waals surface area contributed by atoms with Crippen molar-refractivity contribution in [2.75, 3.05) is 6.61 Å². The molecule has 1 aliphatic rings. The molecule has 0 N–H and O–H groups in total. The number of carbonyl (C=O) groups is 1. The highest BCUT2D eigenvalue weighted by Gasteiger charge is 2.65. The molecule has 0 bridgehead atoms. The third-order valence-electron chi connectivity index (χ3n) is 5.08. The molecule has 8 heteroatoms. The maximum Gasteiger partial charge on any atom is 0.437 e. The molecule has 1 unspecified atom stereocenters. The molecule has 1 aromatic heterocycles. The molecule has 1 atom stereocenters. The number of hydrogen-bond donors (Lipinski definition) is 0. The first-order valence-corrected chi connectivity index (χ1v) is 9.56. The Hall–Kier alpha value is -2.93. The van der Waals surface area contributed by atoms with E-state index in [2.05, 4.69) is 0 Å². The normalized spacial score (nSPS) is 18.5. The van der Waals surface area contributed by atoms with Crippen molar-refractivity contribution in [2.45, 2.75) is 18.7 Å². The Balaban J connectivity index is 2.09. The number of para-hydroxylation sites is 1. The minimum atomic E-state index is -4.97. The van der Waals surface area contributed by atoms with Gasteiger partial charge in [-0.25, -0.2) is 4.79 Å². The van der Waals surface area contributed by atoms with Crippen molar-refractivity contribution in [1.29, 1.82) is 0 Å². The van der Waals surface area contributed by atoms with Crippen LogP contribution in [-0.2, 0) is 22.2 Å². The molecule has 2 aromatic carbocycles. The number of alkyl halides is 3. The molecular formula is C22H17ClF3NO3. The van der Waals surface area contributed by atoms with Gasteiger partial charge in [0.1, 0.15) is 5.75 Å². The van der Waals surface area contributed by atoms with E-state index < -0.39 is 23.3 Å². The second-order valence-corrected chi connectivity index (χ2v) is 7.35. The molecule has 0 spiro atoms. The number of ether oxygens (including phenoxy) is 2. The lowest BCUT2D eigenvalue weighted by molar-refractivity contribution is -0.240. The highest BCUT2D eigenvalue weighted by molar-refractivity contribution is 6.30. The summed E-state index contributed by atoms with van der Waals surface area (Å²) in [5, 5.41) is 0.631. The average Bonchev–Trinajstić information content (AvgIpc) is 3.03. The lowest BCUT2D eigenvalue weighted by Crippen LogP contribution is -2.52. The van der Waals surface area contributed by atoms with E-state index in [0.717, 1.165) is 6.08 Å². The summed E-state index contributed by atoms with van der Waals surface area (Å²) in [5.41, 5.74) is -3.03. The van der Waals surface area contributed by atoms with Crippen molar-refractivity contribution in [3.8, 4) is 5.75 Å². The summed E-state index contributed by atoms with van der Waals surface area (Å²) in [6.45, 7) is 1.45. The van der Waals surface area contributed by atoms with Crippen molar-refractivity contribution in [3.63, 3.8) is 0 Å². The maximum absolute atomic E-state index is 14.8. The average molecular weight is 436 g/mol. The van der Waals surface area contributed by atoms with E-state index in [9.17, 15) is 18.0 Å². The highest BCUT2D eigenvalue weighted by atomic mass is 35.5. The number of aryl methyl sites for hydroxylation is 1. The first-order chi connectivity index (χ1) is 14.2. The summed E-state index contributed by atoms with van der Waals surface area (Å²) >= 11 is 6.00. The smallest absolute Gasteiger partial charge is 0.437 e. The third-order valence-corrected chi connectivity index (χ3v) is 5.32. The number of hydrogen-bond acceptors (Lipinski definition) is 3. The van der Waals surface area contributed by atoms with Gasteiger partial charge >= 0.3 is 12.1 Å². The lowest BCUT2D eigenvalue weighted by Gasteiger charge is -2.39. The first kappa shape index (κ1) is 20.3. The highest BCUT2D eigenvalue weighted by Crippen LogP contribution is 2.53. The van der Waals surface area contributed by atoms with Gasteiger partial charge in [-0.2, -0.15) is 13.2 Å². The summed E-state index contributed by atoms with van der Waals surface area (Å²) in [7, 11) is 1.64. The third kappa shape index (κ3) is 2.96. The van der Waals surface area contributed by atoms with Gasteiger partial charge in [0.05, 0.1) is 12.2 Å². The van der Waals surface area contributed by atoms with Gasteiger partial charge in [0, 0.05) is 40.3 Å². The topological polar surface area (TPSA) is 40.5 Å². The van der Waals surface area contributed by atoms with E-state index in [1.165, 1.54) is 31.3 Å². The molecule has 0 aliphatic carbocycles. The van der Waals surface area contributed by atoms with Gasteiger partial charge in [-0.15, -0.1) is 0 Å². The second kappa shape index (κ2) is 7.09. The summed E-state index contributed by atoms with van der Waals surface area (Å²) in [5.74, 6) is -1.13. The Bertz CT molecular complexity index is 1180. The van der Waals surface area contributed by atoms with Crippen LogP contribution in [0.4, 0.5) is 13.2 Å². The number of rotatable bonds is 3. The Morgan fingerprint density at radius 1 is 1.23 bits per heavy atom. The number of benzene rings is 2. The quantitative estimate of drug-likeness (QED) is 0.501. The number of carbonyl (C=O) groups excluding carboxylic acids is 1. The zero-order valence-corrected chi connectivity index (χ0v) is 16.8. The van der Waals surface area contributed by atoms with Crippen molar-refractivity contribution < 1.29 is 27.4 Å². The number of nitrogens with zero attached hydrogens (tertiary/aromatic N) is 1. The van der Waals surface area contributed by atoms with Gasteiger partial charge in [-0.1, -0.05) is 29.8 Å². The molecule has 4 rings (SSSR count). The summed E-state index contributed by atoms with van der Waals surface area (Å²) in [4.78, 5) is 12.8. The van der Waals surface area contributed by atoms with Crippen LogP contribution < -0.4 is 4.74 Å². The minimum absolute atomic E-state index is 0.0299. The number of halogens is 4. The van der Waals surface area contributed by atoms with Crippen LogP contribution in [0.1, 0.15) is 18.1 Å². The SMILES string of the molecule is CCOC(=O)C1=Cc2cc(Cl)ccc2OC1(c1cn(C)c2ccccc12)C(F)(F)F. The number of esters is 1. The predicted molar refractivity (Wildman–Crippen MR) is 107 cm³/mol. The molecule has 0 saturated heterocycles. The van der Waals surface area contributed by atoms with Crippen LogP contribution in [0.2, 0.25) is 5.02 Å². The monoisotopic (exact) mass is 435 g/mol. The molecule has 2 heterocycles. The van der Waals surface area contributed by atoms with Crippen LogP contribution in [0.25, 0.3) is 17.0 Å². The Morgan fingerprint density at radius 2 is 1.97 bits per heavy atom. The van der Waals surface area contributed by atoms with E-state index in [4.69, 9.17) is 21.1 Å². The number of aromatic nitrogens is 1. The minimum Gasteiger partial charge on any atom is -0.467 e. The molecular weight excluding hydrogens is 419 g/mol. The molecule has 0 radical (unpaired) electrons.